The van der Waals surface area contributed by atoms with E-state index in [1.165, 1.54) is 0 Å². The van der Waals surface area contributed by atoms with E-state index >= 15 is 0 Å². The van der Waals surface area contributed by atoms with E-state index in [2.05, 4.69) is 10.3 Å². The van der Waals surface area contributed by atoms with Crippen molar-refractivity contribution in [1.82, 2.24) is 14.9 Å². The average Bonchev–Trinajstić information content (AvgIpc) is 3.09. The molecule has 0 unspecified atom stereocenters. The first-order valence-electron chi connectivity index (χ1n) is 9.05. The van der Waals surface area contributed by atoms with Gasteiger partial charge in [-0.3, -0.25) is 4.79 Å². The maximum Gasteiger partial charge on any atom is 0.261 e. The van der Waals surface area contributed by atoms with Crippen LogP contribution in [0.25, 0.3) is 5.69 Å². The molecule has 1 N–H and O–H groups in total. The number of hydrogen-bond acceptors (Lipinski definition) is 3. The Balaban J connectivity index is 1.57. The first-order chi connectivity index (χ1) is 13.0. The Morgan fingerprint density at radius 2 is 1.89 bits per heavy atom. The lowest BCUT2D eigenvalue weighted by atomic mass is 10.1. The van der Waals surface area contributed by atoms with Crippen LogP contribution in [-0.4, -0.2) is 21.6 Å². The Hall–Kier alpha value is -3.08. The number of rotatable bonds is 6. The van der Waals surface area contributed by atoms with Crippen molar-refractivity contribution in [2.75, 3.05) is 0 Å². The number of nitrogens with zero attached hydrogens (tertiary/aromatic N) is 2. The maximum absolute atomic E-state index is 12.4. The summed E-state index contributed by atoms with van der Waals surface area (Å²) in [7, 11) is 0. The molecule has 1 aromatic heterocycles. The highest BCUT2D eigenvalue weighted by atomic mass is 16.5. The molecule has 1 heterocycles. The highest BCUT2D eigenvalue weighted by Crippen LogP contribution is 2.21. The summed E-state index contributed by atoms with van der Waals surface area (Å²) in [5, 5.41) is 2.94. The highest BCUT2D eigenvalue weighted by molar-refractivity contribution is 5.80. The number of aryl methyl sites for hydroxylation is 2. The van der Waals surface area contributed by atoms with Crippen molar-refractivity contribution in [2.24, 2.45) is 0 Å². The number of hydrogen-bond donors (Lipinski definition) is 1. The zero-order valence-electron chi connectivity index (χ0n) is 16.2. The van der Waals surface area contributed by atoms with Gasteiger partial charge in [0, 0.05) is 24.6 Å². The smallest absolute Gasteiger partial charge is 0.261 e. The summed E-state index contributed by atoms with van der Waals surface area (Å²) in [6.07, 6.45) is 3.15. The van der Waals surface area contributed by atoms with E-state index in [-0.39, 0.29) is 5.91 Å². The molecule has 0 saturated heterocycles. The Bertz CT molecular complexity index is 929. The second-order valence-electron chi connectivity index (χ2n) is 6.69. The van der Waals surface area contributed by atoms with Crippen LogP contribution in [0.3, 0.4) is 0 Å². The molecule has 1 amide bonds. The third-order valence-electron chi connectivity index (χ3n) is 4.73. The molecule has 140 valence electrons. The van der Waals surface area contributed by atoms with E-state index in [1.54, 1.807) is 13.1 Å². The fourth-order valence-electron chi connectivity index (χ4n) is 2.85. The first kappa shape index (κ1) is 18.7. The number of carbonyl (C=O) groups is 1. The van der Waals surface area contributed by atoms with E-state index in [1.807, 2.05) is 74.0 Å². The standard InChI is InChI=1S/C22H25N3O2/c1-15-6-5-7-21(16(15)2)27-17(3)22(26)24-14-19-8-10-20(11-9-19)25-13-12-23-18(25)4/h5-13,17H,14H2,1-4H3,(H,24,26)/t17-/m1/s1. The lowest BCUT2D eigenvalue weighted by Crippen LogP contribution is -2.36. The van der Waals surface area contributed by atoms with Gasteiger partial charge < -0.3 is 14.6 Å². The Kier molecular flexibility index (Phi) is 5.60. The largest absolute Gasteiger partial charge is 0.481 e. The van der Waals surface area contributed by atoms with E-state index in [4.69, 9.17) is 4.74 Å². The second kappa shape index (κ2) is 8.08. The molecule has 0 radical (unpaired) electrons. The molecule has 0 bridgehead atoms. The van der Waals surface area contributed by atoms with Crippen molar-refractivity contribution in [3.8, 4) is 11.4 Å². The molecule has 0 aliphatic carbocycles. The summed E-state index contributed by atoms with van der Waals surface area (Å²) < 4.78 is 7.85. The Morgan fingerprint density at radius 3 is 2.56 bits per heavy atom. The van der Waals surface area contributed by atoms with Crippen LogP contribution >= 0.6 is 0 Å². The van der Waals surface area contributed by atoms with Gasteiger partial charge in [-0.05, 0) is 62.6 Å². The molecule has 5 heteroatoms. The van der Waals surface area contributed by atoms with Crippen molar-refractivity contribution in [1.29, 1.82) is 0 Å². The summed E-state index contributed by atoms with van der Waals surface area (Å²) >= 11 is 0. The van der Waals surface area contributed by atoms with Crippen molar-refractivity contribution in [3.05, 3.63) is 77.4 Å². The summed E-state index contributed by atoms with van der Waals surface area (Å²) in [6, 6.07) is 13.9. The minimum Gasteiger partial charge on any atom is -0.481 e. The lowest BCUT2D eigenvalue weighted by molar-refractivity contribution is -0.127. The van der Waals surface area contributed by atoms with E-state index in [9.17, 15) is 4.79 Å². The molecule has 2 aromatic carbocycles. The normalized spacial score (nSPS) is 11.9. The van der Waals surface area contributed by atoms with E-state index < -0.39 is 6.10 Å². The molecule has 3 rings (SSSR count). The minimum atomic E-state index is -0.557. The highest BCUT2D eigenvalue weighted by Gasteiger charge is 2.15. The van der Waals surface area contributed by atoms with E-state index in [0.717, 1.165) is 34.0 Å². The van der Waals surface area contributed by atoms with Crippen molar-refractivity contribution in [2.45, 2.75) is 40.3 Å². The van der Waals surface area contributed by atoms with Crippen molar-refractivity contribution < 1.29 is 9.53 Å². The van der Waals surface area contributed by atoms with Crippen LogP contribution in [-0.2, 0) is 11.3 Å². The van der Waals surface area contributed by atoms with Gasteiger partial charge in [0.25, 0.3) is 5.91 Å². The summed E-state index contributed by atoms with van der Waals surface area (Å²) in [4.78, 5) is 16.6. The van der Waals surface area contributed by atoms with Gasteiger partial charge in [0.2, 0.25) is 0 Å². The Morgan fingerprint density at radius 1 is 1.15 bits per heavy atom. The molecule has 0 spiro atoms. The summed E-state index contributed by atoms with van der Waals surface area (Å²) in [5.41, 5.74) is 4.28. The van der Waals surface area contributed by atoms with Gasteiger partial charge in [-0.15, -0.1) is 0 Å². The summed E-state index contributed by atoms with van der Waals surface area (Å²) in [6.45, 7) is 8.22. The molecule has 1 atom stereocenters. The third kappa shape index (κ3) is 4.37. The summed E-state index contributed by atoms with van der Waals surface area (Å²) in [5.74, 6) is 1.55. The van der Waals surface area contributed by atoms with Crippen LogP contribution in [0, 0.1) is 20.8 Å². The van der Waals surface area contributed by atoms with Crippen molar-refractivity contribution in [3.63, 3.8) is 0 Å². The monoisotopic (exact) mass is 363 g/mol. The molecule has 3 aromatic rings. The predicted octanol–water partition coefficient (Wildman–Crippen LogP) is 3.88. The zero-order valence-corrected chi connectivity index (χ0v) is 16.2. The Labute approximate surface area is 160 Å². The number of ether oxygens (including phenoxy) is 1. The first-order valence-corrected chi connectivity index (χ1v) is 9.05. The van der Waals surface area contributed by atoms with Crippen LogP contribution in [0.2, 0.25) is 0 Å². The van der Waals surface area contributed by atoms with Crippen LogP contribution in [0.4, 0.5) is 0 Å². The van der Waals surface area contributed by atoms with Crippen LogP contribution in [0.15, 0.2) is 54.9 Å². The number of aromatic nitrogens is 2. The van der Waals surface area contributed by atoms with Crippen LogP contribution < -0.4 is 10.1 Å². The molecular weight excluding hydrogens is 338 g/mol. The maximum atomic E-state index is 12.4. The number of benzene rings is 2. The average molecular weight is 363 g/mol. The quantitative estimate of drug-likeness (QED) is 0.723. The number of nitrogens with one attached hydrogen (secondary N) is 1. The van der Waals surface area contributed by atoms with Crippen molar-refractivity contribution >= 4 is 5.91 Å². The number of imidazole rings is 1. The number of amides is 1. The second-order valence-corrected chi connectivity index (χ2v) is 6.69. The van der Waals surface area contributed by atoms with Gasteiger partial charge in [-0.2, -0.15) is 0 Å². The predicted molar refractivity (Wildman–Crippen MR) is 106 cm³/mol. The molecule has 5 nitrogen and oxygen atoms in total. The third-order valence-corrected chi connectivity index (χ3v) is 4.73. The van der Waals surface area contributed by atoms with Crippen LogP contribution in [0.1, 0.15) is 29.4 Å². The molecular formula is C22H25N3O2. The van der Waals surface area contributed by atoms with E-state index in [0.29, 0.717) is 6.54 Å². The van der Waals surface area contributed by atoms with Gasteiger partial charge in [0.05, 0.1) is 0 Å². The molecule has 0 aliphatic rings. The van der Waals surface area contributed by atoms with Gasteiger partial charge in [-0.1, -0.05) is 24.3 Å². The zero-order chi connectivity index (χ0) is 19.4. The van der Waals surface area contributed by atoms with Gasteiger partial charge in [0.15, 0.2) is 6.10 Å². The molecule has 0 fully saturated rings. The van der Waals surface area contributed by atoms with Gasteiger partial charge in [-0.25, -0.2) is 4.98 Å². The fourth-order valence-corrected chi connectivity index (χ4v) is 2.85. The molecule has 0 saturated carbocycles. The minimum absolute atomic E-state index is 0.134. The van der Waals surface area contributed by atoms with Gasteiger partial charge in [0.1, 0.15) is 11.6 Å². The van der Waals surface area contributed by atoms with Gasteiger partial charge >= 0.3 is 0 Å². The molecule has 27 heavy (non-hydrogen) atoms. The van der Waals surface area contributed by atoms with Crippen LogP contribution in [0.5, 0.6) is 5.75 Å². The molecule has 0 aliphatic heterocycles. The number of carbonyl (C=O) groups excluding carboxylic acids is 1. The SMILES string of the molecule is Cc1cccc(O[C@H](C)C(=O)NCc2ccc(-n3ccnc3C)cc2)c1C. The lowest BCUT2D eigenvalue weighted by Gasteiger charge is -2.17. The fraction of sp³-hybridized carbons (Fsp3) is 0.273. The topological polar surface area (TPSA) is 56.1 Å².